The Kier molecular flexibility index (Phi) is 7.59. The van der Waals surface area contributed by atoms with E-state index in [1.54, 1.807) is 0 Å². The highest BCUT2D eigenvalue weighted by Gasteiger charge is 2.23. The number of aromatic nitrogens is 4. The third kappa shape index (κ3) is 5.38. The fourth-order valence-electron chi connectivity index (χ4n) is 8.62. The molecule has 4 heteroatoms. The number of fused-ring (bicyclic) bond motifs is 6. The Bertz CT molecular complexity index is 3040. The number of allylic oxidation sites excluding steroid dienone is 1. The Morgan fingerprint density at radius 1 is 0.375 bits per heavy atom. The van der Waals surface area contributed by atoms with Gasteiger partial charge in [-0.05, 0) is 78.6 Å². The maximum absolute atomic E-state index is 5.08. The van der Waals surface area contributed by atoms with E-state index in [1.807, 2.05) is 24.3 Å². The molecule has 10 aromatic rings. The maximum atomic E-state index is 5.08. The van der Waals surface area contributed by atoms with Gasteiger partial charge in [0.2, 0.25) is 0 Å². The van der Waals surface area contributed by atoms with Crippen LogP contribution < -0.4 is 0 Å². The summed E-state index contributed by atoms with van der Waals surface area (Å²) in [4.78, 5) is 10.1. The first kappa shape index (κ1) is 32.2. The van der Waals surface area contributed by atoms with Gasteiger partial charge in [0.05, 0.1) is 27.9 Å². The van der Waals surface area contributed by atoms with Crippen LogP contribution in [0, 0.1) is 0 Å². The summed E-state index contributed by atoms with van der Waals surface area (Å²) in [6.45, 7) is 0. The summed E-state index contributed by atoms with van der Waals surface area (Å²) in [7, 11) is 0. The van der Waals surface area contributed by atoms with Crippen LogP contribution in [0.2, 0.25) is 0 Å². The molecule has 1 aliphatic rings. The van der Waals surface area contributed by atoms with Gasteiger partial charge in [-0.15, -0.1) is 0 Å². The molecule has 0 saturated heterocycles. The third-order valence-corrected chi connectivity index (χ3v) is 11.3. The molecule has 0 radical (unpaired) electrons. The smallest absolute Gasteiger partial charge is 0.160 e. The summed E-state index contributed by atoms with van der Waals surface area (Å²) >= 11 is 0. The van der Waals surface area contributed by atoms with Crippen molar-refractivity contribution in [3.05, 3.63) is 205 Å². The van der Waals surface area contributed by atoms with Crippen molar-refractivity contribution in [1.82, 2.24) is 19.1 Å². The van der Waals surface area contributed by atoms with Gasteiger partial charge in [-0.1, -0.05) is 140 Å². The lowest BCUT2D eigenvalue weighted by Crippen LogP contribution is -2.05. The molecule has 0 N–H and O–H groups in total. The molecule has 56 heavy (non-hydrogen) atoms. The van der Waals surface area contributed by atoms with Gasteiger partial charge in [0, 0.05) is 55.5 Å². The van der Waals surface area contributed by atoms with Gasteiger partial charge in [-0.25, -0.2) is 9.97 Å². The lowest BCUT2D eigenvalue weighted by atomic mass is 9.91. The number of hydrogen-bond acceptors (Lipinski definition) is 2. The molecule has 0 fully saturated rings. The van der Waals surface area contributed by atoms with Crippen molar-refractivity contribution in [2.75, 3.05) is 0 Å². The standard InChI is InChI=1S/C52H36N4/c1-4-14-35(15-5-1)46-34-47(54-52(53-46)37-16-6-2-7-17-37)36-24-28-41(29-25-36)55-49-23-13-11-21-43(49)45-32-38(27-31-50(45)55)39-26-30-44-42-20-10-12-22-48(42)56(51(44)33-39)40-18-8-3-9-19-40/h1-26,28-30,32-34H,27,31H2. The molecule has 4 nitrogen and oxygen atoms in total. The van der Waals surface area contributed by atoms with Crippen molar-refractivity contribution in [2.45, 2.75) is 12.8 Å². The second-order valence-corrected chi connectivity index (χ2v) is 14.5. The van der Waals surface area contributed by atoms with Gasteiger partial charge >= 0.3 is 0 Å². The molecule has 0 aliphatic heterocycles. The first-order valence-corrected chi connectivity index (χ1v) is 19.3. The van der Waals surface area contributed by atoms with E-state index in [0.29, 0.717) is 0 Å². The number of nitrogens with zero attached hydrogens (tertiary/aromatic N) is 4. The molecule has 0 bridgehead atoms. The van der Waals surface area contributed by atoms with Crippen molar-refractivity contribution in [2.24, 2.45) is 0 Å². The van der Waals surface area contributed by atoms with Gasteiger partial charge < -0.3 is 9.13 Å². The number of para-hydroxylation sites is 3. The van der Waals surface area contributed by atoms with Crippen LogP contribution in [-0.4, -0.2) is 19.1 Å². The summed E-state index contributed by atoms with van der Waals surface area (Å²) in [5, 5.41) is 3.83. The molecule has 1 aliphatic carbocycles. The van der Waals surface area contributed by atoms with E-state index in [4.69, 9.17) is 9.97 Å². The van der Waals surface area contributed by atoms with E-state index >= 15 is 0 Å². The lowest BCUT2D eigenvalue weighted by molar-refractivity contribution is 0.898. The minimum Gasteiger partial charge on any atom is -0.313 e. The van der Waals surface area contributed by atoms with Crippen molar-refractivity contribution < 1.29 is 0 Å². The predicted molar refractivity (Wildman–Crippen MR) is 232 cm³/mol. The van der Waals surface area contributed by atoms with Crippen LogP contribution in [0.15, 0.2) is 188 Å². The van der Waals surface area contributed by atoms with Crippen LogP contribution in [0.4, 0.5) is 0 Å². The molecule has 11 rings (SSSR count). The normalized spacial score (nSPS) is 12.6. The van der Waals surface area contributed by atoms with Gasteiger partial charge in [0.15, 0.2) is 5.82 Å². The zero-order chi connectivity index (χ0) is 37.0. The fraction of sp³-hybridized carbons (Fsp3) is 0.0385. The van der Waals surface area contributed by atoms with E-state index in [1.165, 1.54) is 60.8 Å². The summed E-state index contributed by atoms with van der Waals surface area (Å²) in [5.74, 6) is 0.722. The first-order valence-electron chi connectivity index (χ1n) is 19.3. The van der Waals surface area contributed by atoms with Crippen LogP contribution in [0.5, 0.6) is 0 Å². The molecule has 0 saturated carbocycles. The average molecular weight is 717 g/mol. The zero-order valence-corrected chi connectivity index (χ0v) is 30.7. The van der Waals surface area contributed by atoms with Crippen LogP contribution in [-0.2, 0) is 6.42 Å². The fourth-order valence-corrected chi connectivity index (χ4v) is 8.62. The largest absolute Gasteiger partial charge is 0.313 e. The molecule has 264 valence electrons. The molecule has 0 unspecified atom stereocenters. The van der Waals surface area contributed by atoms with E-state index in [-0.39, 0.29) is 0 Å². The van der Waals surface area contributed by atoms with Crippen LogP contribution in [0.3, 0.4) is 0 Å². The SMILES string of the molecule is C1=C(c2ccc3c4ccccc4n(-c4ccccc4)c3c2)CCc2c1c1ccccc1n2-c1ccc(-c2cc(-c3ccccc3)nc(-c3ccccc3)n2)cc1. The van der Waals surface area contributed by atoms with E-state index < -0.39 is 0 Å². The highest BCUT2D eigenvalue weighted by molar-refractivity contribution is 6.10. The Balaban J connectivity index is 0.999. The Labute approximate surface area is 325 Å². The van der Waals surface area contributed by atoms with Crippen molar-refractivity contribution in [3.8, 4) is 45.3 Å². The van der Waals surface area contributed by atoms with Gasteiger partial charge in [0.1, 0.15) is 0 Å². The third-order valence-electron chi connectivity index (χ3n) is 11.3. The van der Waals surface area contributed by atoms with E-state index in [0.717, 1.165) is 52.4 Å². The van der Waals surface area contributed by atoms with E-state index in [9.17, 15) is 0 Å². The molecule has 3 aromatic heterocycles. The molecule has 0 amide bonds. The Morgan fingerprint density at radius 3 is 1.62 bits per heavy atom. The molecular weight excluding hydrogens is 681 g/mol. The summed E-state index contributed by atoms with van der Waals surface area (Å²) < 4.78 is 4.87. The molecule has 0 atom stereocenters. The van der Waals surface area contributed by atoms with Crippen molar-refractivity contribution >= 4 is 44.4 Å². The van der Waals surface area contributed by atoms with Crippen LogP contribution >= 0.6 is 0 Å². The van der Waals surface area contributed by atoms with Gasteiger partial charge in [-0.3, -0.25) is 0 Å². The minimum atomic E-state index is 0.722. The Hall–Kier alpha value is -7.30. The summed E-state index contributed by atoms with van der Waals surface area (Å²) in [6.07, 6.45) is 4.36. The summed E-state index contributed by atoms with van der Waals surface area (Å²) in [5.41, 5.74) is 16.3. The second-order valence-electron chi connectivity index (χ2n) is 14.5. The summed E-state index contributed by atoms with van der Waals surface area (Å²) in [6, 6.07) is 66.9. The number of rotatable bonds is 6. The predicted octanol–water partition coefficient (Wildman–Crippen LogP) is 13.0. The molecule has 3 heterocycles. The lowest BCUT2D eigenvalue weighted by Gasteiger charge is -2.18. The average Bonchev–Trinajstić information content (AvgIpc) is 3.79. The number of benzene rings is 7. The maximum Gasteiger partial charge on any atom is 0.160 e. The van der Waals surface area contributed by atoms with Crippen molar-refractivity contribution in [1.29, 1.82) is 0 Å². The molecule has 0 spiro atoms. The quantitative estimate of drug-likeness (QED) is 0.172. The monoisotopic (exact) mass is 716 g/mol. The second kappa shape index (κ2) is 13.2. The number of hydrogen-bond donors (Lipinski definition) is 0. The highest BCUT2D eigenvalue weighted by Crippen LogP contribution is 2.41. The topological polar surface area (TPSA) is 35.6 Å². The Morgan fingerprint density at radius 2 is 0.911 bits per heavy atom. The minimum absolute atomic E-state index is 0.722. The van der Waals surface area contributed by atoms with Gasteiger partial charge in [0.25, 0.3) is 0 Å². The molecule has 7 aromatic carbocycles. The van der Waals surface area contributed by atoms with Crippen LogP contribution in [0.25, 0.3) is 89.6 Å². The van der Waals surface area contributed by atoms with Crippen molar-refractivity contribution in [3.63, 3.8) is 0 Å². The molecular formula is C52H36N4. The van der Waals surface area contributed by atoms with E-state index in [2.05, 4.69) is 179 Å². The first-order chi connectivity index (χ1) is 27.8. The van der Waals surface area contributed by atoms with Crippen LogP contribution in [0.1, 0.15) is 23.2 Å². The zero-order valence-electron chi connectivity index (χ0n) is 30.7. The highest BCUT2D eigenvalue weighted by atomic mass is 15.0. The van der Waals surface area contributed by atoms with Gasteiger partial charge in [-0.2, -0.15) is 0 Å².